The molecule has 25 heavy (non-hydrogen) atoms. The quantitative estimate of drug-likeness (QED) is 0.842. The Labute approximate surface area is 154 Å². The minimum Gasteiger partial charge on any atom is -0.396 e. The molecule has 2 heterocycles. The number of halogens is 1. The Bertz CT molecular complexity index is 615. The van der Waals surface area contributed by atoms with E-state index in [2.05, 4.69) is 24.1 Å². The van der Waals surface area contributed by atoms with Gasteiger partial charge in [0.2, 0.25) is 5.91 Å². The van der Waals surface area contributed by atoms with Gasteiger partial charge in [-0.2, -0.15) is 0 Å². The van der Waals surface area contributed by atoms with Crippen molar-refractivity contribution in [2.75, 3.05) is 36.5 Å². The lowest BCUT2D eigenvalue weighted by atomic mass is 9.97. The maximum absolute atomic E-state index is 12.6. The van der Waals surface area contributed by atoms with Crippen LogP contribution in [-0.4, -0.2) is 54.2 Å². The Kier molecular flexibility index (Phi) is 5.74. The number of piperidine rings is 1. The Morgan fingerprint density at radius 3 is 2.56 bits per heavy atom. The van der Waals surface area contributed by atoms with Gasteiger partial charge in [0.15, 0.2) is 0 Å². The molecule has 1 atom stereocenters. The molecule has 1 amide bonds. The molecule has 2 N–H and O–H groups in total. The highest BCUT2D eigenvalue weighted by Crippen LogP contribution is 2.33. The van der Waals surface area contributed by atoms with E-state index in [-0.39, 0.29) is 24.6 Å². The molecule has 3 rings (SSSR count). The van der Waals surface area contributed by atoms with Crippen molar-refractivity contribution in [3.8, 4) is 0 Å². The van der Waals surface area contributed by atoms with Gasteiger partial charge in [0.1, 0.15) is 6.04 Å². The summed E-state index contributed by atoms with van der Waals surface area (Å²) in [5.41, 5.74) is 2.02. The van der Waals surface area contributed by atoms with Crippen LogP contribution in [0.5, 0.6) is 0 Å². The van der Waals surface area contributed by atoms with Crippen molar-refractivity contribution in [2.45, 2.75) is 45.2 Å². The Balaban J connectivity index is 1.75. The van der Waals surface area contributed by atoms with E-state index >= 15 is 0 Å². The third-order valence-electron chi connectivity index (χ3n) is 5.36. The van der Waals surface area contributed by atoms with E-state index in [0.29, 0.717) is 10.9 Å². The second-order valence-corrected chi connectivity index (χ2v) is 7.82. The molecule has 0 aromatic heterocycles. The molecule has 0 bridgehead atoms. The van der Waals surface area contributed by atoms with Gasteiger partial charge < -0.3 is 20.2 Å². The van der Waals surface area contributed by atoms with Crippen LogP contribution in [0, 0.1) is 5.92 Å². The van der Waals surface area contributed by atoms with Crippen LogP contribution in [0.2, 0.25) is 5.02 Å². The minimum absolute atomic E-state index is 0.167. The Morgan fingerprint density at radius 2 is 1.96 bits per heavy atom. The molecule has 0 aliphatic carbocycles. The molecule has 0 radical (unpaired) electrons. The van der Waals surface area contributed by atoms with Gasteiger partial charge in [0.25, 0.3) is 0 Å². The number of anilines is 2. The second kappa shape index (κ2) is 7.83. The number of hydrogen-bond donors (Lipinski definition) is 2. The largest absolute Gasteiger partial charge is 0.396 e. The second-order valence-electron chi connectivity index (χ2n) is 7.39. The zero-order valence-electron chi connectivity index (χ0n) is 15.0. The number of carbonyl (C=O) groups excluding carboxylic acids is 1. The summed E-state index contributed by atoms with van der Waals surface area (Å²) in [6.07, 6.45) is 2.79. The summed E-state index contributed by atoms with van der Waals surface area (Å²) >= 11 is 6.22. The third kappa shape index (κ3) is 4.04. The van der Waals surface area contributed by atoms with E-state index in [0.717, 1.165) is 50.3 Å². The van der Waals surface area contributed by atoms with Crippen LogP contribution < -0.4 is 10.2 Å². The number of rotatable bonds is 5. The number of nitrogens with one attached hydrogen (secondary N) is 1. The van der Waals surface area contributed by atoms with Crippen molar-refractivity contribution in [3.05, 3.63) is 23.2 Å². The van der Waals surface area contributed by atoms with Gasteiger partial charge in [-0.05, 0) is 57.2 Å². The summed E-state index contributed by atoms with van der Waals surface area (Å²) in [5.74, 6) is 0.566. The molecule has 138 valence electrons. The maximum Gasteiger partial charge on any atom is 0.245 e. The molecule has 2 aliphatic heterocycles. The summed E-state index contributed by atoms with van der Waals surface area (Å²) in [5, 5.41) is 13.4. The monoisotopic (exact) mass is 365 g/mol. The Morgan fingerprint density at radius 1 is 1.24 bits per heavy atom. The van der Waals surface area contributed by atoms with Crippen LogP contribution in [0.4, 0.5) is 11.4 Å². The number of nitrogens with zero attached hydrogens (tertiary/aromatic N) is 2. The smallest absolute Gasteiger partial charge is 0.245 e. The third-order valence-corrected chi connectivity index (χ3v) is 5.60. The molecule has 5 nitrogen and oxygen atoms in total. The van der Waals surface area contributed by atoms with E-state index in [1.54, 1.807) is 0 Å². The van der Waals surface area contributed by atoms with Gasteiger partial charge in [-0.15, -0.1) is 0 Å². The minimum atomic E-state index is -0.186. The van der Waals surface area contributed by atoms with Crippen molar-refractivity contribution >= 4 is 28.9 Å². The first-order valence-corrected chi connectivity index (χ1v) is 9.59. The molecular formula is C19H28ClN3O2. The average molecular weight is 366 g/mol. The van der Waals surface area contributed by atoms with Crippen molar-refractivity contribution < 1.29 is 9.90 Å². The number of benzene rings is 1. The molecule has 6 heteroatoms. The van der Waals surface area contributed by atoms with Crippen LogP contribution in [0.15, 0.2) is 18.2 Å². The number of likely N-dealkylation sites (tertiary alicyclic amines) is 1. The first kappa shape index (κ1) is 18.3. The number of amides is 1. The van der Waals surface area contributed by atoms with E-state index < -0.39 is 0 Å². The Hall–Kier alpha value is -1.46. The van der Waals surface area contributed by atoms with Crippen LogP contribution >= 0.6 is 11.6 Å². The predicted molar refractivity (Wildman–Crippen MR) is 102 cm³/mol. The predicted octanol–water partition coefficient (Wildman–Crippen LogP) is 2.97. The lowest BCUT2D eigenvalue weighted by molar-refractivity contribution is -0.129. The average Bonchev–Trinajstić information content (AvgIpc) is 2.96. The van der Waals surface area contributed by atoms with Crippen molar-refractivity contribution in [1.82, 2.24) is 4.90 Å². The summed E-state index contributed by atoms with van der Waals surface area (Å²) in [6.45, 7) is 7.00. The molecule has 2 saturated heterocycles. The standard InChI is InChI=1S/C19H28ClN3O2/c1-13(2)23-10-7-16(19(23)25)21-17-11-15(20)3-4-18(17)22-8-5-14(12-24)6-9-22/h3-4,11,13-14,16,21,24H,5-10,12H2,1-2H3. The highest BCUT2D eigenvalue weighted by Gasteiger charge is 2.33. The van der Waals surface area contributed by atoms with E-state index in [1.165, 1.54) is 0 Å². The normalized spacial score (nSPS) is 22.1. The van der Waals surface area contributed by atoms with Crippen LogP contribution in [-0.2, 0) is 4.79 Å². The van der Waals surface area contributed by atoms with Gasteiger partial charge in [-0.25, -0.2) is 0 Å². The summed E-state index contributed by atoms with van der Waals surface area (Å²) < 4.78 is 0. The van der Waals surface area contributed by atoms with Crippen LogP contribution in [0.1, 0.15) is 33.1 Å². The molecular weight excluding hydrogens is 338 g/mol. The van der Waals surface area contributed by atoms with E-state index in [9.17, 15) is 9.90 Å². The fourth-order valence-corrected chi connectivity index (χ4v) is 3.96. The number of aliphatic hydroxyl groups excluding tert-OH is 1. The van der Waals surface area contributed by atoms with Crippen LogP contribution in [0.25, 0.3) is 0 Å². The van der Waals surface area contributed by atoms with Crippen LogP contribution in [0.3, 0.4) is 0 Å². The van der Waals surface area contributed by atoms with E-state index in [4.69, 9.17) is 11.6 Å². The van der Waals surface area contributed by atoms with Crippen molar-refractivity contribution in [1.29, 1.82) is 0 Å². The molecule has 2 aliphatic rings. The molecule has 1 aromatic rings. The molecule has 1 aromatic carbocycles. The van der Waals surface area contributed by atoms with Gasteiger partial charge >= 0.3 is 0 Å². The van der Waals surface area contributed by atoms with Gasteiger partial charge in [-0.1, -0.05) is 11.6 Å². The lowest BCUT2D eigenvalue weighted by Gasteiger charge is -2.34. The summed E-state index contributed by atoms with van der Waals surface area (Å²) in [4.78, 5) is 16.8. The first-order valence-electron chi connectivity index (χ1n) is 9.22. The van der Waals surface area contributed by atoms with E-state index in [1.807, 2.05) is 23.1 Å². The highest BCUT2D eigenvalue weighted by atomic mass is 35.5. The molecule has 0 spiro atoms. The fourth-order valence-electron chi connectivity index (χ4n) is 3.79. The first-order chi connectivity index (χ1) is 12.0. The van der Waals surface area contributed by atoms with Crippen molar-refractivity contribution in [3.63, 3.8) is 0 Å². The summed E-state index contributed by atoms with van der Waals surface area (Å²) in [7, 11) is 0. The SMILES string of the molecule is CC(C)N1CCC(Nc2cc(Cl)ccc2N2CCC(CO)CC2)C1=O. The van der Waals surface area contributed by atoms with Gasteiger partial charge in [0.05, 0.1) is 11.4 Å². The lowest BCUT2D eigenvalue weighted by Crippen LogP contribution is -2.38. The maximum atomic E-state index is 12.6. The molecule has 1 unspecified atom stereocenters. The van der Waals surface area contributed by atoms with Gasteiger partial charge in [-0.3, -0.25) is 4.79 Å². The van der Waals surface area contributed by atoms with Gasteiger partial charge in [0, 0.05) is 37.3 Å². The zero-order chi connectivity index (χ0) is 18.0. The molecule has 0 saturated carbocycles. The highest BCUT2D eigenvalue weighted by molar-refractivity contribution is 6.31. The zero-order valence-corrected chi connectivity index (χ0v) is 15.8. The summed E-state index contributed by atoms with van der Waals surface area (Å²) in [6, 6.07) is 5.89. The fraction of sp³-hybridized carbons (Fsp3) is 0.632. The topological polar surface area (TPSA) is 55.8 Å². The number of aliphatic hydroxyl groups is 1. The van der Waals surface area contributed by atoms with Crippen molar-refractivity contribution in [2.24, 2.45) is 5.92 Å². The molecule has 2 fully saturated rings. The number of carbonyl (C=O) groups is 1. The number of hydrogen-bond acceptors (Lipinski definition) is 4.